The molecule has 0 spiro atoms. The van der Waals surface area contributed by atoms with Gasteiger partial charge in [0.15, 0.2) is 5.69 Å². The van der Waals surface area contributed by atoms with Crippen molar-refractivity contribution in [1.29, 1.82) is 0 Å². The lowest BCUT2D eigenvalue weighted by atomic mass is 10.1. The van der Waals surface area contributed by atoms with E-state index in [1.807, 2.05) is 0 Å². The van der Waals surface area contributed by atoms with Crippen molar-refractivity contribution < 1.29 is 14.0 Å². The Morgan fingerprint density at radius 3 is 2.86 bits per heavy atom. The fourth-order valence-corrected chi connectivity index (χ4v) is 3.42. The summed E-state index contributed by atoms with van der Waals surface area (Å²) in [5.74, 6) is 4.36. The number of nitrogens with zero attached hydrogens (tertiary/aromatic N) is 3. The van der Waals surface area contributed by atoms with Gasteiger partial charge in [0.25, 0.3) is 5.91 Å². The van der Waals surface area contributed by atoms with Gasteiger partial charge in [-0.05, 0) is 36.6 Å². The van der Waals surface area contributed by atoms with Gasteiger partial charge < -0.3 is 16.0 Å². The molecule has 2 heterocycles. The molecule has 1 saturated heterocycles. The Morgan fingerprint density at radius 1 is 1.45 bits per heavy atom. The third-order valence-corrected chi connectivity index (χ3v) is 4.87. The van der Waals surface area contributed by atoms with E-state index in [-0.39, 0.29) is 28.8 Å². The lowest BCUT2D eigenvalue weighted by molar-refractivity contribution is -0.125. The summed E-state index contributed by atoms with van der Waals surface area (Å²) in [5.41, 5.74) is 5.86. The van der Waals surface area contributed by atoms with Gasteiger partial charge in [-0.2, -0.15) is 5.10 Å². The fraction of sp³-hybridized carbons (Fsp3) is 0.250. The largest absolute Gasteiger partial charge is 0.373 e. The molecule has 3 rings (SSSR count). The van der Waals surface area contributed by atoms with Gasteiger partial charge in [0.1, 0.15) is 17.2 Å². The zero-order valence-electron chi connectivity index (χ0n) is 15.7. The average Bonchev–Trinajstić information content (AvgIpc) is 3.32. The van der Waals surface area contributed by atoms with E-state index in [1.165, 1.54) is 24.3 Å². The summed E-state index contributed by atoms with van der Waals surface area (Å²) >= 11 is 5.89. The van der Waals surface area contributed by atoms with E-state index in [2.05, 4.69) is 28.8 Å². The van der Waals surface area contributed by atoms with E-state index in [0.29, 0.717) is 30.4 Å². The normalized spacial score (nSPS) is 15.6. The molecule has 150 valence electrons. The van der Waals surface area contributed by atoms with Crippen LogP contribution in [-0.4, -0.2) is 46.6 Å². The van der Waals surface area contributed by atoms with Gasteiger partial charge in [-0.1, -0.05) is 24.1 Å². The minimum atomic E-state index is -0.714. The van der Waals surface area contributed by atoms with Crippen LogP contribution in [0.1, 0.15) is 34.1 Å². The zero-order valence-corrected chi connectivity index (χ0v) is 16.5. The standard InChI is InChI=1S/C20H19ClFN5O2/c1-3-17(28)26-9-8-14(11-26)27-20(24-2)18(19(23)29)16(25-27)7-4-12-10-13(21)5-6-15(12)22/h3,5-6,10,14,24H,1,8-9,11H2,2H3,(H2,23,29). The number of hydrogen-bond acceptors (Lipinski definition) is 4. The SMILES string of the molecule is C=CC(=O)N1CCC(n2nc(C#Cc3cc(Cl)ccc3F)c(C(N)=O)c2NC)C1. The number of carbonyl (C=O) groups excluding carboxylic acids is 2. The van der Waals surface area contributed by atoms with E-state index in [4.69, 9.17) is 17.3 Å². The first-order chi connectivity index (χ1) is 13.8. The lowest BCUT2D eigenvalue weighted by Gasteiger charge is -2.16. The third-order valence-electron chi connectivity index (χ3n) is 4.63. The molecule has 1 atom stereocenters. The van der Waals surface area contributed by atoms with Gasteiger partial charge in [0, 0.05) is 25.2 Å². The third kappa shape index (κ3) is 4.10. The molecule has 0 aliphatic carbocycles. The molecular weight excluding hydrogens is 397 g/mol. The van der Waals surface area contributed by atoms with Crippen LogP contribution >= 0.6 is 11.6 Å². The first-order valence-electron chi connectivity index (χ1n) is 8.84. The van der Waals surface area contributed by atoms with Crippen LogP contribution in [0.15, 0.2) is 30.9 Å². The maximum absolute atomic E-state index is 13.9. The number of halogens is 2. The van der Waals surface area contributed by atoms with Gasteiger partial charge in [0.2, 0.25) is 5.91 Å². The highest BCUT2D eigenvalue weighted by Crippen LogP contribution is 2.29. The summed E-state index contributed by atoms with van der Waals surface area (Å²) in [6, 6.07) is 3.85. The minimum absolute atomic E-state index is 0.0806. The minimum Gasteiger partial charge on any atom is -0.373 e. The highest BCUT2D eigenvalue weighted by atomic mass is 35.5. The predicted octanol–water partition coefficient (Wildman–Crippen LogP) is 2.18. The van der Waals surface area contributed by atoms with Gasteiger partial charge in [0.05, 0.1) is 11.6 Å². The van der Waals surface area contributed by atoms with E-state index in [9.17, 15) is 14.0 Å². The molecule has 1 aromatic heterocycles. The Hall–Kier alpha value is -3.31. The lowest BCUT2D eigenvalue weighted by Crippen LogP contribution is -2.27. The van der Waals surface area contributed by atoms with Crippen molar-refractivity contribution in [2.45, 2.75) is 12.5 Å². The summed E-state index contributed by atoms with van der Waals surface area (Å²) < 4.78 is 15.5. The summed E-state index contributed by atoms with van der Waals surface area (Å²) in [7, 11) is 1.63. The summed E-state index contributed by atoms with van der Waals surface area (Å²) in [5, 5.41) is 7.70. The number of carbonyl (C=O) groups is 2. The van der Waals surface area contributed by atoms with Crippen molar-refractivity contribution in [1.82, 2.24) is 14.7 Å². The topological polar surface area (TPSA) is 93.2 Å². The summed E-state index contributed by atoms with van der Waals surface area (Å²) in [6.45, 7) is 4.45. The van der Waals surface area contributed by atoms with Crippen LogP contribution in [0.3, 0.4) is 0 Å². The second kappa shape index (κ2) is 8.37. The highest BCUT2D eigenvalue weighted by molar-refractivity contribution is 6.30. The molecule has 2 aromatic rings. The number of likely N-dealkylation sites (tertiary alicyclic amines) is 1. The second-order valence-corrected chi connectivity index (χ2v) is 6.87. The van der Waals surface area contributed by atoms with Gasteiger partial charge in [-0.25, -0.2) is 9.07 Å². The molecule has 9 heteroatoms. The van der Waals surface area contributed by atoms with E-state index in [0.717, 1.165) is 0 Å². The van der Waals surface area contributed by atoms with E-state index in [1.54, 1.807) is 16.6 Å². The van der Waals surface area contributed by atoms with Crippen LogP contribution in [-0.2, 0) is 4.79 Å². The number of nitrogens with one attached hydrogen (secondary N) is 1. The highest BCUT2D eigenvalue weighted by Gasteiger charge is 2.31. The monoisotopic (exact) mass is 415 g/mol. The van der Waals surface area contributed by atoms with Gasteiger partial charge in [-0.15, -0.1) is 0 Å². The van der Waals surface area contributed by atoms with Crippen LogP contribution < -0.4 is 11.1 Å². The van der Waals surface area contributed by atoms with Crippen molar-refractivity contribution in [2.75, 3.05) is 25.5 Å². The molecule has 0 bridgehead atoms. The van der Waals surface area contributed by atoms with Crippen LogP contribution in [0.2, 0.25) is 5.02 Å². The smallest absolute Gasteiger partial charge is 0.255 e. The molecule has 0 radical (unpaired) electrons. The Labute approximate surface area is 172 Å². The Kier molecular flexibility index (Phi) is 5.89. The maximum atomic E-state index is 13.9. The number of rotatable bonds is 4. The zero-order chi connectivity index (χ0) is 21.1. The number of amides is 2. The number of primary amides is 1. The first-order valence-corrected chi connectivity index (χ1v) is 9.22. The quantitative estimate of drug-likeness (QED) is 0.591. The number of nitrogens with two attached hydrogens (primary N) is 1. The molecule has 0 saturated carbocycles. The summed E-state index contributed by atoms with van der Waals surface area (Å²) in [6.07, 6.45) is 1.90. The maximum Gasteiger partial charge on any atom is 0.255 e. The molecule has 3 N–H and O–H groups in total. The number of benzene rings is 1. The molecule has 1 fully saturated rings. The first kappa shape index (κ1) is 20.4. The predicted molar refractivity (Wildman–Crippen MR) is 108 cm³/mol. The van der Waals surface area contributed by atoms with E-state index < -0.39 is 11.7 Å². The van der Waals surface area contributed by atoms with Crippen molar-refractivity contribution in [2.24, 2.45) is 5.73 Å². The average molecular weight is 416 g/mol. The van der Waals surface area contributed by atoms with Crippen LogP contribution in [0.4, 0.5) is 10.2 Å². The molecular formula is C20H19ClFN5O2. The van der Waals surface area contributed by atoms with Crippen molar-refractivity contribution in [3.63, 3.8) is 0 Å². The molecule has 1 aliphatic heterocycles. The van der Waals surface area contributed by atoms with Crippen LogP contribution in [0.25, 0.3) is 0 Å². The number of aromatic nitrogens is 2. The molecule has 2 amide bonds. The fourth-order valence-electron chi connectivity index (χ4n) is 3.25. The Balaban J connectivity index is 2.02. The van der Waals surface area contributed by atoms with Crippen molar-refractivity contribution in [3.8, 4) is 11.8 Å². The molecule has 7 nitrogen and oxygen atoms in total. The number of hydrogen-bond donors (Lipinski definition) is 2. The molecule has 1 aromatic carbocycles. The van der Waals surface area contributed by atoms with Crippen molar-refractivity contribution in [3.05, 3.63) is 58.5 Å². The van der Waals surface area contributed by atoms with Crippen LogP contribution in [0, 0.1) is 17.7 Å². The van der Waals surface area contributed by atoms with E-state index >= 15 is 0 Å². The molecule has 1 aliphatic rings. The second-order valence-electron chi connectivity index (χ2n) is 6.44. The molecule has 1 unspecified atom stereocenters. The van der Waals surface area contributed by atoms with Gasteiger partial charge >= 0.3 is 0 Å². The number of anilines is 1. The Bertz CT molecular complexity index is 1050. The van der Waals surface area contributed by atoms with Crippen molar-refractivity contribution >= 4 is 29.2 Å². The van der Waals surface area contributed by atoms with Crippen LogP contribution in [0.5, 0.6) is 0 Å². The summed E-state index contributed by atoms with van der Waals surface area (Å²) in [4.78, 5) is 25.6. The molecule has 29 heavy (non-hydrogen) atoms. The van der Waals surface area contributed by atoms with Gasteiger partial charge in [-0.3, -0.25) is 9.59 Å². The Morgan fingerprint density at radius 2 is 2.21 bits per heavy atom.